The van der Waals surface area contributed by atoms with Crippen LogP contribution in [0.4, 0.5) is 0 Å². The number of allylic oxidation sites excluding steroid dienone is 3. The van der Waals surface area contributed by atoms with Gasteiger partial charge in [0.15, 0.2) is 0 Å². The van der Waals surface area contributed by atoms with Crippen molar-refractivity contribution in [3.8, 4) is 0 Å². The number of hydrogen-bond donors (Lipinski definition) is 2. The van der Waals surface area contributed by atoms with Gasteiger partial charge < -0.3 is 19.4 Å². The maximum absolute atomic E-state index is 13.5. The molecule has 1 amide bonds. The van der Waals surface area contributed by atoms with Gasteiger partial charge in [-0.05, 0) is 57.4 Å². The summed E-state index contributed by atoms with van der Waals surface area (Å²) in [6.07, 6.45) is 69.0. The third-order valence-electron chi connectivity index (χ3n) is 15.4. The van der Waals surface area contributed by atoms with Crippen molar-refractivity contribution in [1.29, 1.82) is 0 Å². The maximum atomic E-state index is 13.5. The van der Waals surface area contributed by atoms with E-state index < -0.39 is 20.0 Å². The van der Waals surface area contributed by atoms with Crippen molar-refractivity contribution in [1.82, 2.24) is 5.32 Å². The Hall–Kier alpha value is -1.51. The molecule has 0 aromatic carbocycles. The van der Waals surface area contributed by atoms with E-state index in [0.29, 0.717) is 23.9 Å². The summed E-state index contributed by atoms with van der Waals surface area (Å²) in [6.45, 7) is 7.06. The summed E-state index contributed by atoms with van der Waals surface area (Å²) in [5.74, 6) is -0.485. The Labute approximate surface area is 479 Å². The fourth-order valence-corrected chi connectivity index (χ4v) is 10.9. The monoisotopic (exact) mass is 1110 g/mol. The molecule has 0 aromatic heterocycles. The predicted octanol–water partition coefficient (Wildman–Crippen LogP) is 20.9. The number of phosphoric ester groups is 1. The first-order chi connectivity index (χ1) is 37.4. The van der Waals surface area contributed by atoms with Crippen molar-refractivity contribution in [2.75, 3.05) is 40.9 Å². The number of ether oxygens (including phenoxy) is 1. The minimum atomic E-state index is -4.44. The third-order valence-corrected chi connectivity index (χ3v) is 16.4. The van der Waals surface area contributed by atoms with Gasteiger partial charge in [-0.1, -0.05) is 296 Å². The van der Waals surface area contributed by atoms with Crippen LogP contribution in [0.3, 0.4) is 0 Å². The Morgan fingerprint density at radius 3 is 1.10 bits per heavy atom. The molecule has 10 heteroatoms. The second-order valence-corrected chi connectivity index (χ2v) is 25.8. The summed E-state index contributed by atoms with van der Waals surface area (Å²) < 4.78 is 30.7. The molecule has 0 bridgehead atoms. The number of hydrogen-bond acceptors (Lipinski definition) is 6. The number of nitrogens with zero attached hydrogens (tertiary/aromatic N) is 1. The van der Waals surface area contributed by atoms with Crippen LogP contribution in [-0.4, -0.2) is 74.3 Å². The first kappa shape index (κ1) is 75.5. The molecule has 0 aliphatic rings. The summed E-state index contributed by atoms with van der Waals surface area (Å²) in [5.41, 5.74) is 0. The van der Waals surface area contributed by atoms with E-state index in [2.05, 4.69) is 38.2 Å². The van der Waals surface area contributed by atoms with Gasteiger partial charge in [-0.2, -0.15) is 0 Å². The Morgan fingerprint density at radius 2 is 0.753 bits per heavy atom. The smallest absolute Gasteiger partial charge is 0.456 e. The number of amides is 1. The average molecular weight is 1110 g/mol. The Bertz CT molecular complexity index is 1370. The highest BCUT2D eigenvalue weighted by Gasteiger charge is 2.30. The Kier molecular flexibility index (Phi) is 56.6. The van der Waals surface area contributed by atoms with Crippen LogP contribution in [-0.2, 0) is 27.9 Å². The van der Waals surface area contributed by atoms with E-state index in [4.69, 9.17) is 13.8 Å². The highest BCUT2D eigenvalue weighted by atomic mass is 31.2. The zero-order chi connectivity index (χ0) is 56.4. The number of nitrogens with one attached hydrogen (secondary N) is 1. The quantitative estimate of drug-likeness (QED) is 0.0205. The van der Waals surface area contributed by atoms with Gasteiger partial charge in [0, 0.05) is 12.8 Å². The molecule has 0 aromatic rings. The highest BCUT2D eigenvalue weighted by molar-refractivity contribution is 7.47. The van der Waals surface area contributed by atoms with Crippen LogP contribution < -0.4 is 5.32 Å². The van der Waals surface area contributed by atoms with Crippen LogP contribution in [0.25, 0.3) is 0 Å². The fraction of sp³-hybridized carbons (Fsp3) is 0.910. The molecule has 456 valence electrons. The number of esters is 1. The number of rotatable bonds is 62. The summed E-state index contributed by atoms with van der Waals surface area (Å²) in [5, 5.41) is 3.07. The number of unbranched alkanes of at least 4 members (excludes halogenated alkanes) is 44. The van der Waals surface area contributed by atoms with Gasteiger partial charge in [-0.3, -0.25) is 18.6 Å². The minimum Gasteiger partial charge on any atom is -0.456 e. The SMILES string of the molecule is CCCCCCCC/C=C/CCCCCCCCCCCCCCCCCC(=O)OC(/C=C/CCCCCCCCCCC)C(COP(=O)(O)OCC[N+](C)(C)C)NC(=O)CCCCCCCCCCCCCCCCC. The predicted molar refractivity (Wildman–Crippen MR) is 333 cm³/mol. The number of likely N-dealkylation sites (N-methyl/N-ethyl adjacent to an activating group) is 1. The van der Waals surface area contributed by atoms with E-state index >= 15 is 0 Å². The zero-order valence-electron chi connectivity index (χ0n) is 52.2. The van der Waals surface area contributed by atoms with Crippen LogP contribution in [0.5, 0.6) is 0 Å². The number of phosphoric acid groups is 1. The lowest BCUT2D eigenvalue weighted by Crippen LogP contribution is -2.47. The lowest BCUT2D eigenvalue weighted by molar-refractivity contribution is -0.870. The average Bonchev–Trinajstić information content (AvgIpc) is 3.39. The second-order valence-electron chi connectivity index (χ2n) is 24.4. The molecule has 0 spiro atoms. The molecule has 0 rings (SSSR count). The van der Waals surface area contributed by atoms with Gasteiger partial charge in [0.2, 0.25) is 5.91 Å². The molecule has 0 saturated carbocycles. The molecule has 2 N–H and O–H groups in total. The topological polar surface area (TPSA) is 111 Å². The summed E-state index contributed by atoms with van der Waals surface area (Å²) in [7, 11) is 1.52. The molecule has 3 unspecified atom stereocenters. The normalized spacial score (nSPS) is 13.7. The highest BCUT2D eigenvalue weighted by Crippen LogP contribution is 2.43. The molecule has 0 heterocycles. The Balaban J connectivity index is 5.00. The van der Waals surface area contributed by atoms with E-state index in [9.17, 15) is 19.0 Å². The van der Waals surface area contributed by atoms with Gasteiger partial charge in [-0.25, -0.2) is 4.57 Å². The molecule has 9 nitrogen and oxygen atoms in total. The fourth-order valence-electron chi connectivity index (χ4n) is 10.2. The molecule has 77 heavy (non-hydrogen) atoms. The largest absolute Gasteiger partial charge is 0.472 e. The third kappa shape index (κ3) is 58.9. The van der Waals surface area contributed by atoms with E-state index in [-0.39, 0.29) is 25.1 Å². The lowest BCUT2D eigenvalue weighted by atomic mass is 10.0. The van der Waals surface area contributed by atoms with E-state index in [1.807, 2.05) is 33.3 Å². The molecular weight excluding hydrogens is 976 g/mol. The summed E-state index contributed by atoms with van der Waals surface area (Å²) in [6, 6.07) is -0.841. The van der Waals surface area contributed by atoms with Crippen molar-refractivity contribution in [3.05, 3.63) is 24.3 Å². The first-order valence-corrected chi connectivity index (χ1v) is 35.2. The maximum Gasteiger partial charge on any atom is 0.472 e. The van der Waals surface area contributed by atoms with Gasteiger partial charge in [0.1, 0.15) is 19.3 Å². The van der Waals surface area contributed by atoms with E-state index in [1.54, 1.807) is 0 Å². The van der Waals surface area contributed by atoms with Crippen molar-refractivity contribution >= 4 is 19.7 Å². The summed E-state index contributed by atoms with van der Waals surface area (Å²) in [4.78, 5) is 37.7. The summed E-state index contributed by atoms with van der Waals surface area (Å²) >= 11 is 0. The lowest BCUT2D eigenvalue weighted by Gasteiger charge is -2.27. The van der Waals surface area contributed by atoms with E-state index in [1.165, 1.54) is 250 Å². The Morgan fingerprint density at radius 1 is 0.442 bits per heavy atom. The first-order valence-electron chi connectivity index (χ1n) is 33.7. The van der Waals surface area contributed by atoms with Crippen molar-refractivity contribution in [2.24, 2.45) is 0 Å². The molecule has 0 fully saturated rings. The van der Waals surface area contributed by atoms with E-state index in [0.717, 1.165) is 57.8 Å². The molecule has 0 saturated heterocycles. The number of carbonyl (C=O) groups is 2. The van der Waals surface area contributed by atoms with Gasteiger partial charge in [-0.15, -0.1) is 0 Å². The molecule has 0 aliphatic heterocycles. The van der Waals surface area contributed by atoms with Crippen molar-refractivity contribution in [2.45, 2.75) is 354 Å². The van der Waals surface area contributed by atoms with Gasteiger partial charge in [0.25, 0.3) is 0 Å². The number of carbonyl (C=O) groups excluding carboxylic acids is 2. The zero-order valence-corrected chi connectivity index (χ0v) is 53.1. The molecular formula is C67H132N2O7P+. The van der Waals surface area contributed by atoms with Crippen LogP contribution >= 0.6 is 7.82 Å². The molecule has 0 radical (unpaired) electrons. The van der Waals surface area contributed by atoms with Crippen molar-refractivity contribution < 1.29 is 37.3 Å². The van der Waals surface area contributed by atoms with Gasteiger partial charge in [0.05, 0.1) is 33.8 Å². The molecule has 3 atom stereocenters. The second kappa shape index (κ2) is 57.7. The van der Waals surface area contributed by atoms with Crippen molar-refractivity contribution in [3.63, 3.8) is 0 Å². The number of quaternary nitrogens is 1. The van der Waals surface area contributed by atoms with Crippen LogP contribution in [0.15, 0.2) is 24.3 Å². The van der Waals surface area contributed by atoms with Crippen LogP contribution in [0, 0.1) is 0 Å². The minimum absolute atomic E-state index is 0.0445. The standard InChI is InChI=1S/C67H131N2O7P/c1-7-10-13-16-19-22-25-27-29-30-31-32-33-34-35-36-37-38-40-42-45-48-51-54-57-60-67(71)76-65(58-55-52-49-46-43-24-21-18-15-12-9-3)64(63-75-77(72,73)74-62-61-69(4,5)6)68-66(70)59-56-53-50-47-44-41-39-28-26-23-20-17-14-11-8-2/h27,29,55,58,64-65H,7-26,28,30-54,56-57,59-63H2,1-6H3,(H-,68,70,72,73)/p+1/b29-27+,58-55+. The van der Waals surface area contributed by atoms with Gasteiger partial charge >= 0.3 is 13.8 Å². The van der Waals surface area contributed by atoms with Crippen LogP contribution in [0.2, 0.25) is 0 Å². The molecule has 0 aliphatic carbocycles. The van der Waals surface area contributed by atoms with Crippen LogP contribution in [0.1, 0.15) is 342 Å².